The Kier molecular flexibility index (Phi) is 7.70. The highest BCUT2D eigenvalue weighted by Crippen LogP contribution is 2.35. The second kappa shape index (κ2) is 10.7. The number of fused-ring (bicyclic) bond motifs is 1. The van der Waals surface area contributed by atoms with Crippen molar-refractivity contribution in [2.45, 2.75) is 39.7 Å². The smallest absolute Gasteiger partial charge is 0.267 e. The van der Waals surface area contributed by atoms with Crippen LogP contribution in [-0.4, -0.2) is 31.1 Å². The SMILES string of the molecule is CCCCCNc1nc2c(C)cccn2c(=O)c1C=C1SC(=S)N(Cc2ccccc2Cl)C1=O. The van der Waals surface area contributed by atoms with E-state index in [1.165, 1.54) is 21.1 Å². The predicted octanol–water partition coefficient (Wildman–Crippen LogP) is 5.66. The van der Waals surface area contributed by atoms with Gasteiger partial charge in [0.25, 0.3) is 11.5 Å². The van der Waals surface area contributed by atoms with Gasteiger partial charge in [-0.15, -0.1) is 0 Å². The number of nitrogens with one attached hydrogen (secondary N) is 1. The monoisotopic (exact) mass is 512 g/mol. The van der Waals surface area contributed by atoms with E-state index in [1.54, 1.807) is 18.3 Å². The van der Waals surface area contributed by atoms with E-state index in [4.69, 9.17) is 28.8 Å². The normalized spacial score (nSPS) is 15.0. The summed E-state index contributed by atoms with van der Waals surface area (Å²) in [4.78, 5) is 33.3. The molecule has 2 aromatic heterocycles. The fraction of sp³-hybridized carbons (Fsp3) is 0.280. The lowest BCUT2D eigenvalue weighted by Gasteiger charge is -2.15. The number of carbonyl (C=O) groups excluding carboxylic acids is 1. The molecule has 1 aliphatic rings. The third-order valence-electron chi connectivity index (χ3n) is 5.59. The number of rotatable bonds is 8. The highest BCUT2D eigenvalue weighted by atomic mass is 35.5. The first kappa shape index (κ1) is 24.4. The lowest BCUT2D eigenvalue weighted by atomic mass is 10.2. The Bertz CT molecular complexity index is 1350. The standard InChI is InChI=1S/C25H25ClN4O2S2/c1-3-4-7-12-27-21-18(23(31)29-13-8-9-16(2)22(29)28-21)14-20-24(32)30(25(33)34-20)15-17-10-5-6-11-19(17)26/h5-6,8-11,13-14,27H,3-4,7,12,15H2,1-2H3. The topological polar surface area (TPSA) is 66.7 Å². The van der Waals surface area contributed by atoms with Gasteiger partial charge < -0.3 is 5.32 Å². The fourth-order valence-electron chi connectivity index (χ4n) is 3.72. The minimum absolute atomic E-state index is 0.233. The molecule has 1 N–H and O–H groups in total. The van der Waals surface area contributed by atoms with Crippen LogP contribution >= 0.6 is 35.6 Å². The third kappa shape index (κ3) is 5.04. The number of anilines is 1. The first-order chi connectivity index (χ1) is 16.4. The van der Waals surface area contributed by atoms with Crippen LogP contribution in [0.1, 0.15) is 42.9 Å². The average Bonchev–Trinajstić information content (AvgIpc) is 3.08. The van der Waals surface area contributed by atoms with Crippen LogP contribution in [-0.2, 0) is 11.3 Å². The number of thiocarbonyl (C=S) groups is 1. The number of pyridine rings is 1. The van der Waals surface area contributed by atoms with Gasteiger partial charge in [-0.2, -0.15) is 0 Å². The van der Waals surface area contributed by atoms with Crippen LogP contribution in [0.2, 0.25) is 5.02 Å². The van der Waals surface area contributed by atoms with E-state index < -0.39 is 0 Å². The van der Waals surface area contributed by atoms with E-state index in [0.717, 1.165) is 30.4 Å². The van der Waals surface area contributed by atoms with Crippen molar-refractivity contribution in [1.29, 1.82) is 0 Å². The van der Waals surface area contributed by atoms with Crippen molar-refractivity contribution in [3.63, 3.8) is 0 Å². The van der Waals surface area contributed by atoms with Crippen molar-refractivity contribution in [2.24, 2.45) is 0 Å². The molecule has 1 aromatic carbocycles. The van der Waals surface area contributed by atoms with Crippen LogP contribution < -0.4 is 10.9 Å². The predicted molar refractivity (Wildman–Crippen MR) is 144 cm³/mol. The molecule has 0 atom stereocenters. The molecule has 6 nitrogen and oxygen atoms in total. The van der Waals surface area contributed by atoms with Crippen LogP contribution in [0, 0.1) is 6.92 Å². The van der Waals surface area contributed by atoms with Crippen molar-refractivity contribution < 1.29 is 4.79 Å². The van der Waals surface area contributed by atoms with Crippen molar-refractivity contribution in [2.75, 3.05) is 11.9 Å². The number of nitrogens with zero attached hydrogens (tertiary/aromatic N) is 3. The summed E-state index contributed by atoms with van der Waals surface area (Å²) in [7, 11) is 0. The minimum Gasteiger partial charge on any atom is -0.369 e. The molecule has 3 heterocycles. The molecule has 1 fully saturated rings. The Morgan fingerprint density at radius 2 is 1.97 bits per heavy atom. The Morgan fingerprint density at radius 3 is 2.74 bits per heavy atom. The molecule has 3 aromatic rings. The van der Waals surface area contributed by atoms with Gasteiger partial charge in [0.2, 0.25) is 0 Å². The molecule has 176 valence electrons. The minimum atomic E-state index is -0.249. The quantitative estimate of drug-likeness (QED) is 0.238. The van der Waals surface area contributed by atoms with Crippen LogP contribution in [0.4, 0.5) is 5.82 Å². The average molecular weight is 513 g/mol. The van der Waals surface area contributed by atoms with Crippen LogP contribution in [0.25, 0.3) is 11.7 Å². The van der Waals surface area contributed by atoms with E-state index in [0.29, 0.717) is 37.8 Å². The van der Waals surface area contributed by atoms with Crippen LogP contribution in [0.5, 0.6) is 0 Å². The van der Waals surface area contributed by atoms with Crippen LogP contribution in [0.3, 0.4) is 0 Å². The number of unbranched alkanes of at least 4 members (excludes halogenated alkanes) is 2. The number of aryl methyl sites for hydroxylation is 1. The largest absolute Gasteiger partial charge is 0.369 e. The summed E-state index contributed by atoms with van der Waals surface area (Å²) < 4.78 is 1.95. The second-order valence-corrected chi connectivity index (χ2v) is 10.1. The van der Waals surface area contributed by atoms with Gasteiger partial charge in [-0.05, 0) is 42.7 Å². The van der Waals surface area contributed by atoms with Crippen LogP contribution in [0.15, 0.2) is 52.3 Å². The van der Waals surface area contributed by atoms with Gasteiger partial charge in [-0.25, -0.2) is 4.98 Å². The summed E-state index contributed by atoms with van der Waals surface area (Å²) in [6.45, 7) is 5.02. The summed E-state index contributed by atoms with van der Waals surface area (Å²) in [5, 5.41) is 3.89. The van der Waals surface area contributed by atoms with Crippen molar-refractivity contribution in [3.05, 3.63) is 79.6 Å². The van der Waals surface area contributed by atoms with E-state index in [2.05, 4.69) is 12.2 Å². The molecule has 4 rings (SSSR count). The number of thioether (sulfide) groups is 1. The van der Waals surface area contributed by atoms with Gasteiger partial charge in [0, 0.05) is 17.8 Å². The lowest BCUT2D eigenvalue weighted by Crippen LogP contribution is -2.27. The lowest BCUT2D eigenvalue weighted by molar-refractivity contribution is -0.122. The van der Waals surface area contributed by atoms with Gasteiger partial charge >= 0.3 is 0 Å². The number of aromatic nitrogens is 2. The van der Waals surface area contributed by atoms with Gasteiger partial charge in [0.15, 0.2) is 0 Å². The Labute approximate surface area is 213 Å². The van der Waals surface area contributed by atoms with E-state index in [1.807, 2.05) is 37.3 Å². The molecule has 0 bridgehead atoms. The van der Waals surface area contributed by atoms with Crippen molar-refractivity contribution in [1.82, 2.24) is 14.3 Å². The van der Waals surface area contributed by atoms with Gasteiger partial charge in [0.1, 0.15) is 15.8 Å². The molecule has 0 aliphatic carbocycles. The van der Waals surface area contributed by atoms with Crippen molar-refractivity contribution >= 4 is 63.3 Å². The molecule has 0 saturated carbocycles. The summed E-state index contributed by atoms with van der Waals surface area (Å²) in [6.07, 6.45) is 6.44. The zero-order valence-electron chi connectivity index (χ0n) is 19.0. The second-order valence-electron chi connectivity index (χ2n) is 8.06. The molecular weight excluding hydrogens is 488 g/mol. The third-order valence-corrected chi connectivity index (χ3v) is 7.34. The molecule has 0 spiro atoms. The van der Waals surface area contributed by atoms with E-state index in [-0.39, 0.29) is 18.0 Å². The summed E-state index contributed by atoms with van der Waals surface area (Å²) in [5.41, 5.74) is 2.41. The highest BCUT2D eigenvalue weighted by molar-refractivity contribution is 8.26. The molecule has 0 radical (unpaired) electrons. The summed E-state index contributed by atoms with van der Waals surface area (Å²) in [6, 6.07) is 11.1. The fourth-order valence-corrected chi connectivity index (χ4v) is 5.16. The Morgan fingerprint density at radius 1 is 1.18 bits per heavy atom. The number of amides is 1. The number of carbonyl (C=O) groups is 1. The molecule has 1 saturated heterocycles. The molecule has 9 heteroatoms. The summed E-state index contributed by atoms with van der Waals surface area (Å²) in [5.74, 6) is 0.229. The Hall–Kier alpha value is -2.68. The zero-order chi connectivity index (χ0) is 24.2. The van der Waals surface area contributed by atoms with E-state index >= 15 is 0 Å². The molecule has 1 amide bonds. The first-order valence-corrected chi connectivity index (χ1v) is 12.8. The van der Waals surface area contributed by atoms with Gasteiger partial charge in [0.05, 0.1) is 17.0 Å². The number of halogens is 1. The molecular formula is C25H25ClN4O2S2. The number of benzene rings is 1. The van der Waals surface area contributed by atoms with E-state index in [9.17, 15) is 9.59 Å². The van der Waals surface area contributed by atoms with Gasteiger partial charge in [-0.3, -0.25) is 18.9 Å². The molecule has 1 aliphatic heterocycles. The maximum atomic E-state index is 13.4. The molecule has 0 unspecified atom stereocenters. The Balaban J connectivity index is 1.72. The molecule has 34 heavy (non-hydrogen) atoms. The summed E-state index contributed by atoms with van der Waals surface area (Å²) >= 11 is 12.9. The maximum Gasteiger partial charge on any atom is 0.267 e. The zero-order valence-corrected chi connectivity index (χ0v) is 21.4. The maximum absolute atomic E-state index is 13.4. The number of hydrogen-bond donors (Lipinski definition) is 1. The van der Waals surface area contributed by atoms with Gasteiger partial charge in [-0.1, -0.05) is 79.6 Å². The number of hydrogen-bond acceptors (Lipinski definition) is 6. The van der Waals surface area contributed by atoms with Crippen molar-refractivity contribution in [3.8, 4) is 0 Å². The highest BCUT2D eigenvalue weighted by Gasteiger charge is 2.33. The first-order valence-electron chi connectivity index (χ1n) is 11.1.